The number of amides is 1. The molecule has 1 aromatic heterocycles. The first kappa shape index (κ1) is 28.5. The Bertz CT molecular complexity index is 1690. The molecule has 0 bridgehead atoms. The van der Waals surface area contributed by atoms with E-state index >= 15 is 0 Å². The van der Waals surface area contributed by atoms with Gasteiger partial charge in [-0.1, -0.05) is 48.0 Å². The molecule has 1 fully saturated rings. The van der Waals surface area contributed by atoms with Crippen molar-refractivity contribution in [3.63, 3.8) is 0 Å². The molecule has 1 saturated heterocycles. The SMILES string of the molecule is Cc1ccc(-c2nn(Cc3cccc(C(F)(F)F)c3)cc2C(=O)Nc2ccc(C)c(S(=O)(=O)N3CCOC3)c2)cc1. The van der Waals surface area contributed by atoms with Crippen molar-refractivity contribution in [1.82, 2.24) is 14.1 Å². The summed E-state index contributed by atoms with van der Waals surface area (Å²) >= 11 is 0. The molecular weight excluding hydrogens is 557 g/mol. The van der Waals surface area contributed by atoms with E-state index in [9.17, 15) is 26.4 Å². The van der Waals surface area contributed by atoms with Gasteiger partial charge in [0.15, 0.2) is 0 Å². The molecule has 1 aliphatic heterocycles. The lowest BCUT2D eigenvalue weighted by atomic mass is 10.1. The molecule has 1 amide bonds. The third-order valence-electron chi connectivity index (χ3n) is 6.71. The van der Waals surface area contributed by atoms with Crippen LogP contribution in [0.3, 0.4) is 0 Å². The zero-order chi connectivity index (χ0) is 29.4. The number of nitrogens with zero attached hydrogens (tertiary/aromatic N) is 3. The van der Waals surface area contributed by atoms with Crippen LogP contribution in [0.1, 0.15) is 32.6 Å². The first-order chi connectivity index (χ1) is 19.4. The van der Waals surface area contributed by atoms with Gasteiger partial charge in [-0.3, -0.25) is 9.48 Å². The van der Waals surface area contributed by atoms with Gasteiger partial charge < -0.3 is 10.1 Å². The van der Waals surface area contributed by atoms with Gasteiger partial charge in [-0.05, 0) is 49.2 Å². The monoisotopic (exact) mass is 584 g/mol. The third kappa shape index (κ3) is 6.19. The van der Waals surface area contributed by atoms with Crippen LogP contribution in [-0.4, -0.2) is 48.3 Å². The first-order valence-electron chi connectivity index (χ1n) is 12.7. The van der Waals surface area contributed by atoms with Crippen LogP contribution >= 0.6 is 0 Å². The molecule has 2 heterocycles. The summed E-state index contributed by atoms with van der Waals surface area (Å²) < 4.78 is 73.8. The molecule has 0 radical (unpaired) electrons. The molecule has 3 aromatic carbocycles. The van der Waals surface area contributed by atoms with E-state index in [0.717, 1.165) is 17.7 Å². The molecule has 1 aliphatic rings. The average Bonchev–Trinajstić information content (AvgIpc) is 3.61. The number of ether oxygens (including phenoxy) is 1. The maximum Gasteiger partial charge on any atom is 0.416 e. The second kappa shape index (κ2) is 11.1. The van der Waals surface area contributed by atoms with Gasteiger partial charge in [0.2, 0.25) is 10.0 Å². The largest absolute Gasteiger partial charge is 0.416 e. The fourth-order valence-electron chi connectivity index (χ4n) is 4.51. The van der Waals surface area contributed by atoms with Crippen molar-refractivity contribution < 1.29 is 31.1 Å². The lowest BCUT2D eigenvalue weighted by Gasteiger charge is -2.17. The van der Waals surface area contributed by atoms with Gasteiger partial charge in [0.1, 0.15) is 12.4 Å². The van der Waals surface area contributed by atoms with Crippen LogP contribution in [0.2, 0.25) is 0 Å². The topological polar surface area (TPSA) is 93.5 Å². The van der Waals surface area contributed by atoms with Crippen molar-refractivity contribution in [3.8, 4) is 11.3 Å². The predicted molar refractivity (Wildman–Crippen MR) is 147 cm³/mol. The number of halogens is 3. The van der Waals surface area contributed by atoms with Crippen molar-refractivity contribution in [1.29, 1.82) is 0 Å². The van der Waals surface area contributed by atoms with Crippen LogP contribution in [0.15, 0.2) is 77.8 Å². The molecule has 41 heavy (non-hydrogen) atoms. The highest BCUT2D eigenvalue weighted by Gasteiger charge is 2.31. The number of rotatable bonds is 7. The Balaban J connectivity index is 1.47. The van der Waals surface area contributed by atoms with E-state index in [2.05, 4.69) is 10.4 Å². The molecule has 12 heteroatoms. The smallest absolute Gasteiger partial charge is 0.364 e. The molecule has 8 nitrogen and oxygen atoms in total. The molecule has 214 valence electrons. The van der Waals surface area contributed by atoms with Crippen LogP contribution < -0.4 is 5.32 Å². The second-order valence-corrected chi connectivity index (χ2v) is 11.7. The Labute approximate surface area is 235 Å². The predicted octanol–water partition coefficient (Wildman–Crippen LogP) is 5.46. The number of carbonyl (C=O) groups excluding carboxylic acids is 1. The maximum atomic E-state index is 13.5. The van der Waals surface area contributed by atoms with Crippen LogP contribution in [0, 0.1) is 13.8 Å². The molecule has 0 aliphatic carbocycles. The van der Waals surface area contributed by atoms with E-state index in [1.807, 2.05) is 19.1 Å². The zero-order valence-electron chi connectivity index (χ0n) is 22.3. The molecule has 1 N–H and O–H groups in total. The molecule has 0 saturated carbocycles. The van der Waals surface area contributed by atoms with Crippen molar-refractivity contribution in [3.05, 3.63) is 101 Å². The standard InChI is InChI=1S/C29H27F3N4O4S/c1-19-6-9-22(10-7-19)27-25(17-35(34-27)16-21-4-3-5-23(14-21)29(30,31)32)28(37)33-24-11-8-20(2)26(15-24)41(38,39)36-12-13-40-18-36/h3-11,14-15,17H,12-13,16,18H2,1-2H3,(H,33,37). The van der Waals surface area contributed by atoms with Crippen molar-refractivity contribution in [2.24, 2.45) is 0 Å². The fourth-order valence-corrected chi connectivity index (χ4v) is 6.06. The Morgan fingerprint density at radius 1 is 1.05 bits per heavy atom. The minimum atomic E-state index is -4.49. The molecule has 0 atom stereocenters. The Kier molecular flexibility index (Phi) is 7.73. The number of sulfonamides is 1. The van der Waals surface area contributed by atoms with Crippen molar-refractivity contribution in [2.45, 2.75) is 31.5 Å². The molecule has 0 unspecified atom stereocenters. The Morgan fingerprint density at radius 3 is 2.49 bits per heavy atom. The van der Waals surface area contributed by atoms with Gasteiger partial charge in [0.05, 0.1) is 29.2 Å². The Morgan fingerprint density at radius 2 is 1.80 bits per heavy atom. The summed E-state index contributed by atoms with van der Waals surface area (Å²) in [6.07, 6.45) is -3.02. The van der Waals surface area contributed by atoms with E-state index in [1.165, 1.54) is 27.3 Å². The minimum absolute atomic E-state index is 0.000883. The lowest BCUT2D eigenvalue weighted by molar-refractivity contribution is -0.137. The summed E-state index contributed by atoms with van der Waals surface area (Å²) in [6.45, 7) is 4.10. The van der Waals surface area contributed by atoms with Crippen LogP contribution in [0.25, 0.3) is 11.3 Å². The maximum absolute atomic E-state index is 13.5. The van der Waals surface area contributed by atoms with E-state index in [-0.39, 0.29) is 36.0 Å². The van der Waals surface area contributed by atoms with Gasteiger partial charge in [0, 0.05) is 24.0 Å². The Hall–Kier alpha value is -4.00. The van der Waals surface area contributed by atoms with Gasteiger partial charge in [0.25, 0.3) is 5.91 Å². The van der Waals surface area contributed by atoms with E-state index in [1.54, 1.807) is 37.3 Å². The molecule has 4 aromatic rings. The summed E-state index contributed by atoms with van der Waals surface area (Å²) in [7, 11) is -3.83. The van der Waals surface area contributed by atoms with Crippen molar-refractivity contribution >= 4 is 21.6 Å². The van der Waals surface area contributed by atoms with Crippen LogP contribution in [-0.2, 0) is 27.5 Å². The summed E-state index contributed by atoms with van der Waals surface area (Å²) in [5.41, 5.74) is 2.53. The van der Waals surface area contributed by atoms with Crippen LogP contribution in [0.4, 0.5) is 18.9 Å². The number of aromatic nitrogens is 2. The number of carbonyl (C=O) groups is 1. The summed E-state index contributed by atoms with van der Waals surface area (Å²) in [5, 5.41) is 7.30. The van der Waals surface area contributed by atoms with E-state index in [0.29, 0.717) is 29.0 Å². The second-order valence-electron chi connectivity index (χ2n) is 9.81. The quantitative estimate of drug-likeness (QED) is 0.311. The number of nitrogens with one attached hydrogen (secondary N) is 1. The highest BCUT2D eigenvalue weighted by Crippen LogP contribution is 2.31. The van der Waals surface area contributed by atoms with Gasteiger partial charge in [-0.25, -0.2) is 8.42 Å². The van der Waals surface area contributed by atoms with Crippen molar-refractivity contribution in [2.75, 3.05) is 25.2 Å². The highest BCUT2D eigenvalue weighted by atomic mass is 32.2. The third-order valence-corrected chi connectivity index (χ3v) is 8.68. The zero-order valence-corrected chi connectivity index (χ0v) is 23.1. The number of anilines is 1. The number of hydrogen-bond acceptors (Lipinski definition) is 5. The lowest BCUT2D eigenvalue weighted by Crippen LogP contribution is -2.29. The van der Waals surface area contributed by atoms with Gasteiger partial charge in [-0.2, -0.15) is 22.6 Å². The number of aryl methyl sites for hydroxylation is 2. The molecule has 5 rings (SSSR count). The number of benzene rings is 3. The van der Waals surface area contributed by atoms with Gasteiger partial charge in [-0.15, -0.1) is 0 Å². The van der Waals surface area contributed by atoms with E-state index in [4.69, 9.17) is 4.74 Å². The summed E-state index contributed by atoms with van der Waals surface area (Å²) in [5.74, 6) is -0.549. The highest BCUT2D eigenvalue weighted by molar-refractivity contribution is 7.89. The number of alkyl halides is 3. The number of hydrogen-bond donors (Lipinski definition) is 1. The molecular formula is C29H27F3N4O4S. The normalized spacial score (nSPS) is 14.4. The first-order valence-corrected chi connectivity index (χ1v) is 14.2. The molecule has 0 spiro atoms. The summed E-state index contributed by atoms with van der Waals surface area (Å²) in [4.78, 5) is 13.6. The summed E-state index contributed by atoms with van der Waals surface area (Å²) in [6, 6.07) is 16.9. The van der Waals surface area contributed by atoms with E-state index < -0.39 is 27.7 Å². The average molecular weight is 585 g/mol. The van der Waals surface area contributed by atoms with Crippen LogP contribution in [0.5, 0.6) is 0 Å². The van der Waals surface area contributed by atoms with Gasteiger partial charge >= 0.3 is 6.18 Å². The minimum Gasteiger partial charge on any atom is -0.364 e. The fraction of sp³-hybridized carbons (Fsp3) is 0.241.